The summed E-state index contributed by atoms with van der Waals surface area (Å²) in [5.74, 6) is 0.167. The van der Waals surface area contributed by atoms with Crippen molar-refractivity contribution >= 4 is 44.0 Å². The molecule has 1 spiro atoms. The molecule has 11 rings (SSSR count). The first-order chi connectivity index (χ1) is 34.5. The predicted octanol–water partition coefficient (Wildman–Crippen LogP) is 8.90. The number of likely N-dealkylation sites (N-methyl/N-ethyl adjacent to an activating group) is 1. The van der Waals surface area contributed by atoms with Gasteiger partial charge >= 0.3 is 0 Å². The summed E-state index contributed by atoms with van der Waals surface area (Å²) in [6, 6.07) is 20.7. The fourth-order valence-corrected chi connectivity index (χ4v) is 13.5. The second-order valence-corrected chi connectivity index (χ2v) is 23.8. The van der Waals surface area contributed by atoms with Crippen LogP contribution in [0, 0.1) is 21.4 Å². The third-order valence-electron chi connectivity index (χ3n) is 16.7. The Hall–Kier alpha value is -5.95. The summed E-state index contributed by atoms with van der Waals surface area (Å²) in [6.07, 6.45) is 11.1. The summed E-state index contributed by atoms with van der Waals surface area (Å²) in [5, 5.41) is 27.0. The number of nitro groups is 1. The van der Waals surface area contributed by atoms with Gasteiger partial charge in [0, 0.05) is 73.7 Å². The van der Waals surface area contributed by atoms with E-state index in [1.807, 2.05) is 26.1 Å². The Kier molecular flexibility index (Phi) is 12.6. The largest absolute Gasteiger partial charge is 0.489 e. The van der Waals surface area contributed by atoms with Crippen LogP contribution in [0.2, 0.25) is 0 Å². The van der Waals surface area contributed by atoms with Crippen LogP contribution in [0.3, 0.4) is 0 Å². The Balaban J connectivity index is 0.841. The van der Waals surface area contributed by atoms with E-state index in [1.54, 1.807) is 24.4 Å². The fourth-order valence-electron chi connectivity index (χ4n) is 12.5. The van der Waals surface area contributed by atoms with E-state index < -0.39 is 37.0 Å². The standard InChI is InChI=1S/C54H66N8O9S/c1-33(2)40-8-5-6-9-41(40)44-10-7-21-61(44)37-28-54(29-37)18-22-60(23-19-54)36-11-12-42(46(25-36)71-48-24-35-15-20-55-50(35)57-52(48)70-38-30-59(4)31-38)51(63)58-72(67,68)39-26-45(62(65)66)49-47(27-39)69-32-43(56-49)34-13-16-53(3,64)17-14-34/h5-6,8-9,11-12,15,20,24-27,33-34,37-38,43-44,56,64H,7,10,13-14,16-19,21-23,28-32H2,1-4H3,(H,55,57)(H,58,63)/t34?,43-,44+,53?/m1/s1. The third kappa shape index (κ3) is 9.46. The molecular formula is C54H66N8O9S. The molecule has 0 bridgehead atoms. The number of nitrogens with zero attached hydrogens (tertiary/aromatic N) is 5. The normalized spacial score (nSPS) is 24.8. The van der Waals surface area contributed by atoms with Crippen molar-refractivity contribution in [1.82, 2.24) is 24.5 Å². The van der Waals surface area contributed by atoms with E-state index in [0.29, 0.717) is 62.4 Å². The molecule has 2 aromatic heterocycles. The number of anilines is 2. The zero-order valence-corrected chi connectivity index (χ0v) is 42.4. The number of piperidine rings is 1. The third-order valence-corrected chi connectivity index (χ3v) is 18.0. The summed E-state index contributed by atoms with van der Waals surface area (Å²) in [5.41, 5.74) is 3.40. The Labute approximate surface area is 420 Å². The minimum absolute atomic E-state index is 0.00400. The molecule has 3 saturated heterocycles. The van der Waals surface area contributed by atoms with Crippen molar-refractivity contribution < 1.29 is 37.5 Å². The molecule has 0 unspecified atom stereocenters. The molecule has 2 atom stereocenters. The average Bonchev–Trinajstić information content (AvgIpc) is 4.02. The van der Waals surface area contributed by atoms with Crippen molar-refractivity contribution in [3.63, 3.8) is 0 Å². The van der Waals surface area contributed by atoms with Crippen LogP contribution in [-0.4, -0.2) is 114 Å². The van der Waals surface area contributed by atoms with Gasteiger partial charge in [-0.2, -0.15) is 4.98 Å². The average molecular weight is 1000 g/mol. The monoisotopic (exact) mass is 1000 g/mol. The van der Waals surface area contributed by atoms with Gasteiger partial charge in [0.05, 0.1) is 27.0 Å². The second-order valence-electron chi connectivity index (χ2n) is 22.1. The lowest BCUT2D eigenvalue weighted by atomic mass is 9.59. The maximum atomic E-state index is 14.4. The number of pyridine rings is 1. The highest BCUT2D eigenvalue weighted by Gasteiger charge is 2.50. The summed E-state index contributed by atoms with van der Waals surface area (Å²) in [6.45, 7) is 10.7. The predicted molar refractivity (Wildman–Crippen MR) is 274 cm³/mol. The van der Waals surface area contributed by atoms with Crippen molar-refractivity contribution in [2.24, 2.45) is 11.3 Å². The van der Waals surface area contributed by atoms with Crippen LogP contribution in [0.5, 0.6) is 23.1 Å². The SMILES string of the molecule is CC(C)c1ccccc1[C@@H]1CCCN1C1CC2(CCN(c3ccc(C(=O)NS(=O)(=O)c4cc5c(c([N+](=O)[O-])c4)N[C@@H](C4CCC(C)(O)CC4)CO5)c(Oc4cc5cc[nH]c5nc4OC4CN(C)C4)c3)CC2)C1. The molecular weight excluding hydrogens is 937 g/mol. The van der Waals surface area contributed by atoms with Gasteiger partial charge in [-0.3, -0.25) is 24.7 Å². The summed E-state index contributed by atoms with van der Waals surface area (Å²) >= 11 is 0. The highest BCUT2D eigenvalue weighted by Crippen LogP contribution is 2.55. The first kappa shape index (κ1) is 48.3. The molecule has 2 saturated carbocycles. The zero-order valence-electron chi connectivity index (χ0n) is 41.6. The molecule has 3 aromatic carbocycles. The van der Waals surface area contributed by atoms with E-state index in [2.05, 4.69) is 67.8 Å². The lowest BCUT2D eigenvalue weighted by Gasteiger charge is -2.56. The molecule has 6 aliphatic rings. The topological polar surface area (TPSA) is 205 Å². The first-order valence-corrected chi connectivity index (χ1v) is 27.2. The molecule has 72 heavy (non-hydrogen) atoms. The van der Waals surface area contributed by atoms with Gasteiger partial charge in [-0.05, 0) is 137 Å². The number of fused-ring (bicyclic) bond motifs is 2. The van der Waals surface area contributed by atoms with Crippen LogP contribution in [-0.2, 0) is 10.0 Å². The minimum atomic E-state index is -4.71. The van der Waals surface area contributed by atoms with E-state index in [1.165, 1.54) is 42.9 Å². The molecule has 17 nitrogen and oxygen atoms in total. The number of aromatic amines is 1. The number of benzene rings is 3. The zero-order chi connectivity index (χ0) is 50.1. The number of nitro benzene ring substituents is 1. The molecule has 6 heterocycles. The fraction of sp³-hybridized carbons (Fsp3) is 0.519. The Morgan fingerprint density at radius 1 is 0.986 bits per heavy atom. The van der Waals surface area contributed by atoms with E-state index in [9.17, 15) is 28.4 Å². The van der Waals surface area contributed by atoms with Crippen LogP contribution in [0.1, 0.15) is 118 Å². The van der Waals surface area contributed by atoms with Gasteiger partial charge < -0.3 is 34.5 Å². The second kappa shape index (κ2) is 18.8. The van der Waals surface area contributed by atoms with E-state index in [4.69, 9.17) is 19.2 Å². The maximum absolute atomic E-state index is 14.4. The van der Waals surface area contributed by atoms with Gasteiger partial charge in [-0.25, -0.2) is 13.1 Å². The van der Waals surface area contributed by atoms with Crippen molar-refractivity contribution in [2.75, 3.05) is 56.6 Å². The lowest BCUT2D eigenvalue weighted by molar-refractivity contribution is -0.384. The van der Waals surface area contributed by atoms with Crippen molar-refractivity contribution in [2.45, 2.75) is 126 Å². The molecule has 5 fully saturated rings. The number of carbonyl (C=O) groups is 1. The quantitative estimate of drug-likeness (QED) is 0.0643. The minimum Gasteiger partial charge on any atom is -0.489 e. The number of carbonyl (C=O) groups excluding carboxylic acids is 1. The number of aliphatic hydroxyl groups is 1. The number of amides is 1. The Morgan fingerprint density at radius 3 is 2.49 bits per heavy atom. The van der Waals surface area contributed by atoms with Crippen LogP contribution in [0.25, 0.3) is 11.0 Å². The number of sulfonamides is 1. The van der Waals surface area contributed by atoms with Crippen LogP contribution >= 0.6 is 0 Å². The number of hydrogen-bond donors (Lipinski definition) is 4. The molecule has 2 aliphatic carbocycles. The van der Waals surface area contributed by atoms with Gasteiger partial charge in [0.15, 0.2) is 17.2 Å². The Bertz CT molecular complexity index is 2980. The molecule has 1 amide bonds. The number of H-pyrrole nitrogens is 1. The van der Waals surface area contributed by atoms with Crippen molar-refractivity contribution in [3.05, 3.63) is 99.7 Å². The number of likely N-dealkylation sites (tertiary alicyclic amines) is 2. The highest BCUT2D eigenvalue weighted by atomic mass is 32.2. The number of nitrogens with one attached hydrogen (secondary N) is 3. The summed E-state index contributed by atoms with van der Waals surface area (Å²) in [7, 11) is -2.71. The number of hydrogen-bond acceptors (Lipinski definition) is 14. The van der Waals surface area contributed by atoms with Crippen LogP contribution in [0.15, 0.2) is 77.8 Å². The highest BCUT2D eigenvalue weighted by molar-refractivity contribution is 7.90. The van der Waals surface area contributed by atoms with E-state index in [-0.39, 0.29) is 64.5 Å². The van der Waals surface area contributed by atoms with Crippen LogP contribution < -0.4 is 29.1 Å². The lowest BCUT2D eigenvalue weighted by Crippen LogP contribution is -2.55. The maximum Gasteiger partial charge on any atom is 0.297 e. The number of rotatable bonds is 13. The van der Waals surface area contributed by atoms with Gasteiger partial charge in [-0.1, -0.05) is 38.1 Å². The number of aromatic nitrogens is 2. The smallest absolute Gasteiger partial charge is 0.297 e. The van der Waals surface area contributed by atoms with Crippen molar-refractivity contribution in [1.29, 1.82) is 0 Å². The molecule has 4 aliphatic heterocycles. The number of ether oxygens (including phenoxy) is 3. The van der Waals surface area contributed by atoms with Gasteiger partial charge in [0.2, 0.25) is 0 Å². The molecule has 5 aromatic rings. The molecule has 4 N–H and O–H groups in total. The van der Waals surface area contributed by atoms with Crippen molar-refractivity contribution in [3.8, 4) is 23.1 Å². The van der Waals surface area contributed by atoms with E-state index >= 15 is 0 Å². The van der Waals surface area contributed by atoms with Gasteiger partial charge in [0.1, 0.15) is 24.1 Å². The Morgan fingerprint density at radius 2 is 1.75 bits per heavy atom. The van der Waals surface area contributed by atoms with Gasteiger partial charge in [0.25, 0.3) is 27.5 Å². The molecule has 18 heteroatoms. The van der Waals surface area contributed by atoms with Crippen LogP contribution in [0.4, 0.5) is 17.1 Å². The van der Waals surface area contributed by atoms with Gasteiger partial charge in [-0.15, -0.1) is 0 Å². The summed E-state index contributed by atoms with van der Waals surface area (Å²) < 4.78 is 49.6. The van der Waals surface area contributed by atoms with E-state index in [0.717, 1.165) is 49.6 Å². The first-order valence-electron chi connectivity index (χ1n) is 25.8. The summed E-state index contributed by atoms with van der Waals surface area (Å²) in [4.78, 5) is 40.9. The molecule has 0 radical (unpaired) electrons. The molecule has 382 valence electrons.